The fourth-order valence-corrected chi connectivity index (χ4v) is 3.02. The summed E-state index contributed by atoms with van der Waals surface area (Å²) in [6.07, 6.45) is 3.86. The highest BCUT2D eigenvalue weighted by molar-refractivity contribution is 5.39. The lowest BCUT2D eigenvalue weighted by molar-refractivity contribution is 0.211. The number of aryl methyl sites for hydroxylation is 1. The van der Waals surface area contributed by atoms with Crippen LogP contribution in [-0.2, 0) is 6.54 Å². The molecule has 1 aliphatic rings. The van der Waals surface area contributed by atoms with Crippen molar-refractivity contribution in [3.05, 3.63) is 59.3 Å². The highest BCUT2D eigenvalue weighted by Gasteiger charge is 2.19. The quantitative estimate of drug-likeness (QED) is 0.941. The summed E-state index contributed by atoms with van der Waals surface area (Å²) in [6, 6.07) is 14.9. The largest absolute Gasteiger partial charge is 0.367 e. The van der Waals surface area contributed by atoms with Crippen LogP contribution in [0.25, 0.3) is 0 Å². The Bertz CT molecular complexity index is 679. The molecule has 4 nitrogen and oxygen atoms in total. The molecule has 0 unspecified atom stereocenters. The van der Waals surface area contributed by atoms with Gasteiger partial charge in [-0.1, -0.05) is 24.3 Å². The molecule has 1 fully saturated rings. The number of pyridine rings is 1. The van der Waals surface area contributed by atoms with Crippen LogP contribution in [0, 0.1) is 18.3 Å². The van der Waals surface area contributed by atoms with E-state index in [0.29, 0.717) is 11.6 Å². The highest BCUT2D eigenvalue weighted by atomic mass is 15.1. The molecule has 0 saturated carbocycles. The van der Waals surface area contributed by atoms with E-state index >= 15 is 0 Å². The number of likely N-dealkylation sites (tertiary alicyclic amines) is 1. The third kappa shape index (κ3) is 4.08. The summed E-state index contributed by atoms with van der Waals surface area (Å²) in [5.41, 5.74) is 3.39. The summed E-state index contributed by atoms with van der Waals surface area (Å²) < 4.78 is 0. The number of aromatic nitrogens is 1. The maximum absolute atomic E-state index is 8.80. The van der Waals surface area contributed by atoms with Gasteiger partial charge >= 0.3 is 0 Å². The van der Waals surface area contributed by atoms with Crippen LogP contribution in [-0.4, -0.2) is 29.0 Å². The predicted molar refractivity (Wildman–Crippen MR) is 92.1 cm³/mol. The summed E-state index contributed by atoms with van der Waals surface area (Å²) in [4.78, 5) is 6.82. The standard InChI is InChI=1S/C19H22N4/c1-15-4-2-3-5-17(15)14-23-10-8-18(9-11-23)22-19-7-6-16(12-20)13-21-19/h2-7,13,18H,8-11,14H2,1H3,(H,21,22). The lowest BCUT2D eigenvalue weighted by Gasteiger charge is -2.32. The van der Waals surface area contributed by atoms with Crippen LogP contribution in [0.5, 0.6) is 0 Å². The van der Waals surface area contributed by atoms with Crippen LogP contribution in [0.4, 0.5) is 5.82 Å². The van der Waals surface area contributed by atoms with Gasteiger partial charge in [0, 0.05) is 31.9 Å². The van der Waals surface area contributed by atoms with E-state index in [0.717, 1.165) is 38.3 Å². The third-order valence-corrected chi connectivity index (χ3v) is 4.49. The Morgan fingerprint density at radius 2 is 2.00 bits per heavy atom. The maximum atomic E-state index is 8.80. The Morgan fingerprint density at radius 3 is 2.65 bits per heavy atom. The molecular weight excluding hydrogens is 284 g/mol. The Labute approximate surface area is 137 Å². The first kappa shape index (κ1) is 15.5. The number of hydrogen-bond acceptors (Lipinski definition) is 4. The second-order valence-corrected chi connectivity index (χ2v) is 6.17. The number of piperidine rings is 1. The molecule has 3 rings (SSSR count). The van der Waals surface area contributed by atoms with E-state index < -0.39 is 0 Å². The van der Waals surface area contributed by atoms with Crippen LogP contribution in [0.2, 0.25) is 0 Å². The van der Waals surface area contributed by atoms with Crippen LogP contribution in [0.15, 0.2) is 42.6 Å². The van der Waals surface area contributed by atoms with E-state index in [-0.39, 0.29) is 0 Å². The van der Waals surface area contributed by atoms with E-state index in [4.69, 9.17) is 5.26 Å². The van der Waals surface area contributed by atoms with Gasteiger partial charge in [-0.15, -0.1) is 0 Å². The SMILES string of the molecule is Cc1ccccc1CN1CCC(Nc2ccc(C#N)cn2)CC1. The number of nitriles is 1. The molecule has 23 heavy (non-hydrogen) atoms. The zero-order valence-corrected chi connectivity index (χ0v) is 13.5. The second-order valence-electron chi connectivity index (χ2n) is 6.17. The summed E-state index contributed by atoms with van der Waals surface area (Å²) in [7, 11) is 0. The molecule has 4 heteroatoms. The molecule has 0 amide bonds. The number of nitrogens with one attached hydrogen (secondary N) is 1. The minimum absolute atomic E-state index is 0.462. The van der Waals surface area contributed by atoms with E-state index in [1.807, 2.05) is 12.1 Å². The summed E-state index contributed by atoms with van der Waals surface area (Å²) in [5.74, 6) is 0.862. The molecule has 0 aliphatic carbocycles. The zero-order chi connectivity index (χ0) is 16.1. The fourth-order valence-electron chi connectivity index (χ4n) is 3.02. The molecule has 1 aromatic heterocycles. The average Bonchev–Trinajstić information content (AvgIpc) is 2.59. The molecule has 0 atom stereocenters. The van der Waals surface area contributed by atoms with Gasteiger partial charge in [0.05, 0.1) is 5.56 Å². The summed E-state index contributed by atoms with van der Waals surface area (Å²) >= 11 is 0. The second kappa shape index (κ2) is 7.26. The molecule has 1 saturated heterocycles. The maximum Gasteiger partial charge on any atom is 0.126 e. The minimum atomic E-state index is 0.462. The van der Waals surface area contributed by atoms with Crippen LogP contribution in [0.1, 0.15) is 29.5 Å². The van der Waals surface area contributed by atoms with Crippen molar-refractivity contribution in [2.75, 3.05) is 18.4 Å². The van der Waals surface area contributed by atoms with Crippen molar-refractivity contribution in [2.24, 2.45) is 0 Å². The van der Waals surface area contributed by atoms with Gasteiger partial charge < -0.3 is 5.32 Å². The molecular formula is C19H22N4. The molecule has 0 radical (unpaired) electrons. The monoisotopic (exact) mass is 306 g/mol. The van der Waals surface area contributed by atoms with Gasteiger partial charge in [0.1, 0.15) is 11.9 Å². The Hall–Kier alpha value is -2.38. The molecule has 0 bridgehead atoms. The Kier molecular flexibility index (Phi) is 4.89. The van der Waals surface area contributed by atoms with Gasteiger partial charge in [0.15, 0.2) is 0 Å². The molecule has 1 aromatic carbocycles. The number of benzene rings is 1. The third-order valence-electron chi connectivity index (χ3n) is 4.49. The number of anilines is 1. The van der Waals surface area contributed by atoms with Gasteiger partial charge in [0.2, 0.25) is 0 Å². The van der Waals surface area contributed by atoms with Gasteiger partial charge in [-0.3, -0.25) is 4.90 Å². The van der Waals surface area contributed by atoms with Crippen molar-refractivity contribution < 1.29 is 0 Å². The molecule has 1 N–H and O–H groups in total. The first-order valence-electron chi connectivity index (χ1n) is 8.14. The first-order valence-corrected chi connectivity index (χ1v) is 8.14. The van der Waals surface area contributed by atoms with Crippen molar-refractivity contribution in [3.63, 3.8) is 0 Å². The van der Waals surface area contributed by atoms with Crippen LogP contribution in [0.3, 0.4) is 0 Å². The normalized spacial score (nSPS) is 16.0. The molecule has 0 spiro atoms. The smallest absolute Gasteiger partial charge is 0.126 e. The molecule has 2 aromatic rings. The van der Waals surface area contributed by atoms with E-state index in [1.54, 1.807) is 6.20 Å². The Morgan fingerprint density at radius 1 is 1.22 bits per heavy atom. The van der Waals surface area contributed by atoms with Crippen molar-refractivity contribution in [1.82, 2.24) is 9.88 Å². The number of rotatable bonds is 4. The number of hydrogen-bond donors (Lipinski definition) is 1. The summed E-state index contributed by atoms with van der Waals surface area (Å²) in [5, 5.41) is 12.3. The van der Waals surface area contributed by atoms with E-state index in [9.17, 15) is 0 Å². The number of nitrogens with zero attached hydrogens (tertiary/aromatic N) is 3. The average molecular weight is 306 g/mol. The van der Waals surface area contributed by atoms with Gasteiger partial charge in [0.25, 0.3) is 0 Å². The molecule has 2 heterocycles. The van der Waals surface area contributed by atoms with Crippen LogP contribution >= 0.6 is 0 Å². The Balaban J connectivity index is 1.50. The highest BCUT2D eigenvalue weighted by Crippen LogP contribution is 2.18. The lowest BCUT2D eigenvalue weighted by atomic mass is 10.0. The van der Waals surface area contributed by atoms with Crippen molar-refractivity contribution in [3.8, 4) is 6.07 Å². The summed E-state index contributed by atoms with van der Waals surface area (Å²) in [6.45, 7) is 5.42. The lowest BCUT2D eigenvalue weighted by Crippen LogP contribution is -2.38. The van der Waals surface area contributed by atoms with Crippen molar-refractivity contribution in [1.29, 1.82) is 5.26 Å². The van der Waals surface area contributed by atoms with Crippen LogP contribution < -0.4 is 5.32 Å². The van der Waals surface area contributed by atoms with Gasteiger partial charge in [-0.2, -0.15) is 5.26 Å². The zero-order valence-electron chi connectivity index (χ0n) is 13.5. The molecule has 1 aliphatic heterocycles. The van der Waals surface area contributed by atoms with E-state index in [2.05, 4.69) is 52.5 Å². The predicted octanol–water partition coefficient (Wildman–Crippen LogP) is 3.34. The van der Waals surface area contributed by atoms with E-state index in [1.165, 1.54) is 11.1 Å². The minimum Gasteiger partial charge on any atom is -0.367 e. The van der Waals surface area contributed by atoms with Crippen molar-refractivity contribution in [2.45, 2.75) is 32.4 Å². The fraction of sp³-hybridized carbons (Fsp3) is 0.368. The van der Waals surface area contributed by atoms with Gasteiger partial charge in [-0.25, -0.2) is 4.98 Å². The molecule has 118 valence electrons. The topological polar surface area (TPSA) is 52.0 Å². The van der Waals surface area contributed by atoms with Crippen molar-refractivity contribution >= 4 is 5.82 Å². The van der Waals surface area contributed by atoms with Gasteiger partial charge in [-0.05, 0) is 43.0 Å². The first-order chi connectivity index (χ1) is 11.2.